The smallest absolute Gasteiger partial charge is 0.353 e. The Morgan fingerprint density at radius 1 is 1.07 bits per heavy atom. The van der Waals surface area contributed by atoms with Crippen LogP contribution in [0.3, 0.4) is 0 Å². The van der Waals surface area contributed by atoms with Crippen LogP contribution in [0.1, 0.15) is 0 Å². The molecule has 1 aromatic heterocycles. The van der Waals surface area contributed by atoms with Gasteiger partial charge in [-0.1, -0.05) is 11.6 Å². The SMILES string of the molecule is COc1ccc(Nc2ncnc(Nc3ccc(F)c(Cl)c3)c2[N+](=O)[O-])cc1. The Balaban J connectivity index is 1.94. The first-order valence-electron chi connectivity index (χ1n) is 7.60. The van der Waals surface area contributed by atoms with E-state index in [1.807, 2.05) is 0 Å². The van der Waals surface area contributed by atoms with Crippen molar-refractivity contribution in [1.29, 1.82) is 0 Å². The van der Waals surface area contributed by atoms with E-state index in [1.54, 1.807) is 24.3 Å². The average Bonchev–Trinajstić information content (AvgIpc) is 2.65. The summed E-state index contributed by atoms with van der Waals surface area (Å²) in [5, 5.41) is 17.1. The Hall–Kier alpha value is -3.46. The first-order chi connectivity index (χ1) is 13.0. The minimum absolute atomic E-state index is 0.00382. The number of methoxy groups -OCH3 is 1. The van der Waals surface area contributed by atoms with Crippen LogP contribution in [0.5, 0.6) is 5.75 Å². The molecule has 0 saturated heterocycles. The highest BCUT2D eigenvalue weighted by Gasteiger charge is 2.23. The van der Waals surface area contributed by atoms with E-state index in [0.29, 0.717) is 17.1 Å². The van der Waals surface area contributed by atoms with Crippen molar-refractivity contribution in [2.24, 2.45) is 0 Å². The third-order valence-electron chi connectivity index (χ3n) is 3.54. The molecule has 0 spiro atoms. The number of ether oxygens (including phenoxy) is 1. The van der Waals surface area contributed by atoms with Gasteiger partial charge in [-0.15, -0.1) is 0 Å². The van der Waals surface area contributed by atoms with Crippen molar-refractivity contribution in [1.82, 2.24) is 9.97 Å². The van der Waals surface area contributed by atoms with Gasteiger partial charge < -0.3 is 15.4 Å². The molecule has 8 nitrogen and oxygen atoms in total. The number of benzene rings is 2. The third-order valence-corrected chi connectivity index (χ3v) is 3.83. The summed E-state index contributed by atoms with van der Waals surface area (Å²) < 4.78 is 18.4. The molecule has 0 aliphatic heterocycles. The lowest BCUT2D eigenvalue weighted by atomic mass is 10.3. The molecule has 0 fully saturated rings. The molecule has 0 radical (unpaired) electrons. The van der Waals surface area contributed by atoms with Crippen LogP contribution in [0, 0.1) is 15.9 Å². The Morgan fingerprint density at radius 3 is 2.22 bits per heavy atom. The van der Waals surface area contributed by atoms with Crippen molar-refractivity contribution < 1.29 is 14.1 Å². The minimum Gasteiger partial charge on any atom is -0.497 e. The molecule has 2 N–H and O–H groups in total. The van der Waals surface area contributed by atoms with Gasteiger partial charge in [0, 0.05) is 11.4 Å². The van der Waals surface area contributed by atoms with Gasteiger partial charge >= 0.3 is 5.69 Å². The number of hydrogen-bond acceptors (Lipinski definition) is 7. The molecule has 0 amide bonds. The topological polar surface area (TPSA) is 102 Å². The van der Waals surface area contributed by atoms with Gasteiger partial charge in [-0.05, 0) is 42.5 Å². The van der Waals surface area contributed by atoms with Crippen molar-refractivity contribution in [3.8, 4) is 5.75 Å². The zero-order chi connectivity index (χ0) is 19.4. The maximum Gasteiger partial charge on any atom is 0.353 e. The van der Waals surface area contributed by atoms with Gasteiger partial charge in [0.25, 0.3) is 0 Å². The van der Waals surface area contributed by atoms with Crippen LogP contribution in [-0.2, 0) is 0 Å². The van der Waals surface area contributed by atoms with Crippen LogP contribution in [0.2, 0.25) is 5.02 Å². The zero-order valence-electron chi connectivity index (χ0n) is 13.9. The van der Waals surface area contributed by atoms with Gasteiger partial charge in [-0.2, -0.15) is 0 Å². The van der Waals surface area contributed by atoms with Crippen LogP contribution < -0.4 is 15.4 Å². The average molecular weight is 390 g/mol. The van der Waals surface area contributed by atoms with E-state index in [0.717, 1.165) is 6.07 Å². The fourth-order valence-corrected chi connectivity index (χ4v) is 2.44. The Bertz CT molecular complexity index is 985. The highest BCUT2D eigenvalue weighted by atomic mass is 35.5. The lowest BCUT2D eigenvalue weighted by Gasteiger charge is -2.11. The molecule has 0 saturated carbocycles. The molecule has 10 heteroatoms. The van der Waals surface area contributed by atoms with Crippen LogP contribution in [0.25, 0.3) is 0 Å². The van der Waals surface area contributed by atoms with Crippen LogP contribution in [-0.4, -0.2) is 22.0 Å². The molecule has 1 heterocycles. The first-order valence-corrected chi connectivity index (χ1v) is 7.98. The molecule has 3 rings (SSSR count). The quantitative estimate of drug-likeness (QED) is 0.466. The van der Waals surface area contributed by atoms with Crippen molar-refractivity contribution in [3.63, 3.8) is 0 Å². The summed E-state index contributed by atoms with van der Waals surface area (Å²) in [6.45, 7) is 0. The summed E-state index contributed by atoms with van der Waals surface area (Å²) in [4.78, 5) is 18.8. The summed E-state index contributed by atoms with van der Waals surface area (Å²) in [6, 6.07) is 10.6. The van der Waals surface area contributed by atoms with E-state index < -0.39 is 10.7 Å². The van der Waals surface area contributed by atoms with Crippen molar-refractivity contribution in [3.05, 3.63) is 69.7 Å². The van der Waals surface area contributed by atoms with Gasteiger partial charge in [0.15, 0.2) is 0 Å². The van der Waals surface area contributed by atoms with Crippen LogP contribution in [0.4, 0.5) is 33.1 Å². The number of aromatic nitrogens is 2. The Kier molecular flexibility index (Phi) is 5.32. The fraction of sp³-hybridized carbons (Fsp3) is 0.0588. The number of nitro groups is 1. The minimum atomic E-state index is -0.612. The van der Waals surface area contributed by atoms with Gasteiger partial charge in [0.2, 0.25) is 11.6 Å². The summed E-state index contributed by atoms with van der Waals surface area (Å²) in [5.74, 6) is -0.0147. The van der Waals surface area contributed by atoms with E-state index in [4.69, 9.17) is 16.3 Å². The zero-order valence-corrected chi connectivity index (χ0v) is 14.7. The molecule has 3 aromatic rings. The number of halogens is 2. The maximum absolute atomic E-state index is 13.3. The Labute approximate surface area is 158 Å². The van der Waals surface area contributed by atoms with Gasteiger partial charge in [-0.3, -0.25) is 10.1 Å². The first kappa shape index (κ1) is 18.3. The molecule has 0 aliphatic carbocycles. The summed E-state index contributed by atoms with van der Waals surface area (Å²) in [6.07, 6.45) is 1.17. The largest absolute Gasteiger partial charge is 0.497 e. The van der Waals surface area contributed by atoms with E-state index in [1.165, 1.54) is 25.6 Å². The second kappa shape index (κ2) is 7.83. The number of hydrogen-bond donors (Lipinski definition) is 2. The van der Waals surface area contributed by atoms with E-state index in [-0.39, 0.29) is 22.3 Å². The number of rotatable bonds is 6. The molecular formula is C17H13ClFN5O3. The van der Waals surface area contributed by atoms with E-state index in [2.05, 4.69) is 20.6 Å². The third kappa shape index (κ3) is 4.21. The standard InChI is InChI=1S/C17H13ClFN5O3/c1-27-12-5-2-10(3-6-12)22-16-15(24(25)26)17(21-9-20-16)23-11-4-7-14(19)13(18)8-11/h2-9H,1H3,(H2,20,21,22,23). The van der Waals surface area contributed by atoms with E-state index in [9.17, 15) is 14.5 Å². The fourth-order valence-electron chi connectivity index (χ4n) is 2.26. The van der Waals surface area contributed by atoms with Crippen molar-refractivity contribution >= 4 is 40.3 Å². The molecule has 0 atom stereocenters. The number of nitrogens with zero attached hydrogens (tertiary/aromatic N) is 3. The van der Waals surface area contributed by atoms with Gasteiger partial charge in [-0.25, -0.2) is 14.4 Å². The predicted octanol–water partition coefficient (Wildman–Crippen LogP) is 4.67. The van der Waals surface area contributed by atoms with Gasteiger partial charge in [0.1, 0.15) is 17.9 Å². The molecule has 2 aromatic carbocycles. The molecule has 0 bridgehead atoms. The number of nitrogens with one attached hydrogen (secondary N) is 2. The second-order valence-corrected chi connectivity index (χ2v) is 5.69. The summed E-state index contributed by atoms with van der Waals surface area (Å²) >= 11 is 5.74. The lowest BCUT2D eigenvalue weighted by Crippen LogP contribution is -2.05. The highest BCUT2D eigenvalue weighted by Crippen LogP contribution is 2.33. The second-order valence-electron chi connectivity index (χ2n) is 5.28. The molecule has 0 aliphatic rings. The predicted molar refractivity (Wildman–Crippen MR) is 99.7 cm³/mol. The molecular weight excluding hydrogens is 377 g/mol. The normalized spacial score (nSPS) is 10.3. The summed E-state index contributed by atoms with van der Waals surface area (Å²) in [5.41, 5.74) is 0.556. The van der Waals surface area contributed by atoms with Crippen molar-refractivity contribution in [2.45, 2.75) is 0 Å². The monoisotopic (exact) mass is 389 g/mol. The maximum atomic E-state index is 13.3. The lowest BCUT2D eigenvalue weighted by molar-refractivity contribution is -0.383. The molecule has 27 heavy (non-hydrogen) atoms. The highest BCUT2D eigenvalue weighted by molar-refractivity contribution is 6.31. The molecule has 0 unspecified atom stereocenters. The number of anilines is 4. The van der Waals surface area contributed by atoms with Crippen molar-refractivity contribution in [2.75, 3.05) is 17.7 Å². The van der Waals surface area contributed by atoms with E-state index >= 15 is 0 Å². The Morgan fingerprint density at radius 2 is 1.67 bits per heavy atom. The van der Waals surface area contributed by atoms with Gasteiger partial charge in [0.05, 0.1) is 17.1 Å². The van der Waals surface area contributed by atoms with Crippen LogP contribution >= 0.6 is 11.6 Å². The van der Waals surface area contributed by atoms with Crippen LogP contribution in [0.15, 0.2) is 48.8 Å². The summed E-state index contributed by atoms with van der Waals surface area (Å²) in [7, 11) is 1.54. The molecule has 138 valence electrons.